The van der Waals surface area contributed by atoms with Crippen LogP contribution in [0.15, 0.2) is 30.3 Å². The van der Waals surface area contributed by atoms with Crippen LogP contribution < -0.4 is 5.32 Å². The Bertz CT molecular complexity index is 499. The molecule has 20 heavy (non-hydrogen) atoms. The molecule has 4 heteroatoms. The van der Waals surface area contributed by atoms with Gasteiger partial charge in [-0.3, -0.25) is 4.79 Å². The van der Waals surface area contributed by atoms with Crippen LogP contribution in [0.1, 0.15) is 41.6 Å². The number of ether oxygens (including phenoxy) is 1. The van der Waals surface area contributed by atoms with Gasteiger partial charge in [-0.05, 0) is 36.6 Å². The topological polar surface area (TPSA) is 55.4 Å². The van der Waals surface area contributed by atoms with E-state index in [-0.39, 0.29) is 11.9 Å². The Morgan fingerprint density at radius 1 is 1.20 bits per heavy atom. The standard InChI is InChI=1S/C16H19NO3/c1-20-16(19)13-9-6-12(7-10-13)8-11-15(18)17-14-4-2-3-5-14/h6-11,14H,2-5H2,1H3,(H,17,18)/b11-8+. The van der Waals surface area contributed by atoms with Gasteiger partial charge < -0.3 is 10.1 Å². The fraction of sp³-hybridized carbons (Fsp3) is 0.375. The number of amides is 1. The summed E-state index contributed by atoms with van der Waals surface area (Å²) in [6.45, 7) is 0. The van der Waals surface area contributed by atoms with Crippen LogP contribution in [-0.4, -0.2) is 25.0 Å². The van der Waals surface area contributed by atoms with Gasteiger partial charge in [-0.1, -0.05) is 25.0 Å². The highest BCUT2D eigenvalue weighted by Crippen LogP contribution is 2.17. The zero-order valence-corrected chi connectivity index (χ0v) is 11.6. The first-order chi connectivity index (χ1) is 9.69. The molecular weight excluding hydrogens is 254 g/mol. The zero-order chi connectivity index (χ0) is 14.4. The number of carbonyl (C=O) groups is 2. The molecule has 0 aromatic heterocycles. The molecule has 2 rings (SSSR count). The van der Waals surface area contributed by atoms with E-state index in [0.29, 0.717) is 11.6 Å². The van der Waals surface area contributed by atoms with Crippen LogP contribution in [-0.2, 0) is 9.53 Å². The van der Waals surface area contributed by atoms with Gasteiger partial charge in [0, 0.05) is 12.1 Å². The van der Waals surface area contributed by atoms with Gasteiger partial charge in [-0.2, -0.15) is 0 Å². The summed E-state index contributed by atoms with van der Waals surface area (Å²) >= 11 is 0. The van der Waals surface area contributed by atoms with E-state index in [9.17, 15) is 9.59 Å². The Kier molecular flexibility index (Phi) is 4.93. The molecule has 1 aromatic carbocycles. The highest BCUT2D eigenvalue weighted by molar-refractivity contribution is 5.92. The molecule has 0 unspecified atom stereocenters. The number of rotatable bonds is 4. The minimum absolute atomic E-state index is 0.0612. The lowest BCUT2D eigenvalue weighted by atomic mass is 10.1. The van der Waals surface area contributed by atoms with Gasteiger partial charge >= 0.3 is 5.97 Å². The van der Waals surface area contributed by atoms with Gasteiger partial charge in [0.25, 0.3) is 0 Å². The van der Waals surface area contributed by atoms with Crippen LogP contribution in [0.2, 0.25) is 0 Å². The van der Waals surface area contributed by atoms with Crippen molar-refractivity contribution < 1.29 is 14.3 Å². The van der Waals surface area contributed by atoms with Crippen LogP contribution in [0, 0.1) is 0 Å². The number of methoxy groups -OCH3 is 1. The second kappa shape index (κ2) is 6.89. The molecule has 0 saturated heterocycles. The number of hydrogen-bond acceptors (Lipinski definition) is 3. The summed E-state index contributed by atoms with van der Waals surface area (Å²) in [6, 6.07) is 7.26. The fourth-order valence-electron chi connectivity index (χ4n) is 2.34. The summed E-state index contributed by atoms with van der Waals surface area (Å²) < 4.78 is 4.63. The van der Waals surface area contributed by atoms with Crippen LogP contribution >= 0.6 is 0 Å². The molecule has 1 saturated carbocycles. The molecule has 1 aliphatic rings. The Morgan fingerprint density at radius 3 is 2.45 bits per heavy atom. The minimum atomic E-state index is -0.362. The van der Waals surface area contributed by atoms with E-state index in [2.05, 4.69) is 10.1 Å². The number of esters is 1. The molecule has 1 N–H and O–H groups in total. The normalized spacial score (nSPS) is 15.4. The minimum Gasteiger partial charge on any atom is -0.465 e. The average Bonchev–Trinajstić information content (AvgIpc) is 2.97. The molecule has 0 spiro atoms. The smallest absolute Gasteiger partial charge is 0.337 e. The molecule has 1 aromatic rings. The molecule has 0 radical (unpaired) electrons. The van der Waals surface area contributed by atoms with Crippen molar-refractivity contribution in [1.29, 1.82) is 0 Å². The van der Waals surface area contributed by atoms with Crippen LogP contribution in [0.5, 0.6) is 0 Å². The molecule has 1 amide bonds. The van der Waals surface area contributed by atoms with E-state index in [1.165, 1.54) is 26.0 Å². The van der Waals surface area contributed by atoms with Crippen molar-refractivity contribution in [3.8, 4) is 0 Å². The number of benzene rings is 1. The lowest BCUT2D eigenvalue weighted by Gasteiger charge is -2.09. The second-order valence-electron chi connectivity index (χ2n) is 4.94. The second-order valence-corrected chi connectivity index (χ2v) is 4.94. The predicted molar refractivity (Wildman–Crippen MR) is 77.2 cm³/mol. The van der Waals surface area contributed by atoms with Crippen molar-refractivity contribution >= 4 is 18.0 Å². The summed E-state index contributed by atoms with van der Waals surface area (Å²) in [6.07, 6.45) is 7.82. The van der Waals surface area contributed by atoms with Crippen molar-refractivity contribution in [2.45, 2.75) is 31.7 Å². The lowest BCUT2D eigenvalue weighted by molar-refractivity contribution is -0.117. The number of nitrogens with one attached hydrogen (secondary N) is 1. The number of carbonyl (C=O) groups excluding carboxylic acids is 2. The first kappa shape index (κ1) is 14.3. The van der Waals surface area contributed by atoms with Crippen molar-refractivity contribution in [2.75, 3.05) is 7.11 Å². The SMILES string of the molecule is COC(=O)c1ccc(/C=C/C(=O)NC2CCCC2)cc1. The molecular formula is C16H19NO3. The Labute approximate surface area is 118 Å². The largest absolute Gasteiger partial charge is 0.465 e. The maximum absolute atomic E-state index is 11.7. The predicted octanol–water partition coefficient (Wildman–Crippen LogP) is 2.55. The molecule has 1 fully saturated rings. The van der Waals surface area contributed by atoms with Gasteiger partial charge in [0.2, 0.25) is 5.91 Å². The lowest BCUT2D eigenvalue weighted by Crippen LogP contribution is -2.30. The maximum Gasteiger partial charge on any atom is 0.337 e. The quantitative estimate of drug-likeness (QED) is 0.677. The Hall–Kier alpha value is -2.10. The monoisotopic (exact) mass is 273 g/mol. The van der Waals surface area contributed by atoms with Gasteiger partial charge in [0.1, 0.15) is 0 Å². The molecule has 106 valence electrons. The van der Waals surface area contributed by atoms with Crippen molar-refractivity contribution in [3.05, 3.63) is 41.5 Å². The summed E-state index contributed by atoms with van der Waals surface area (Å²) in [5.74, 6) is -0.423. The average molecular weight is 273 g/mol. The molecule has 0 atom stereocenters. The van der Waals surface area contributed by atoms with Gasteiger partial charge in [0.15, 0.2) is 0 Å². The van der Waals surface area contributed by atoms with E-state index >= 15 is 0 Å². The van der Waals surface area contributed by atoms with E-state index in [1.54, 1.807) is 30.3 Å². The van der Waals surface area contributed by atoms with E-state index < -0.39 is 0 Å². The molecule has 0 heterocycles. The van der Waals surface area contributed by atoms with Crippen molar-refractivity contribution in [3.63, 3.8) is 0 Å². The highest BCUT2D eigenvalue weighted by atomic mass is 16.5. The first-order valence-corrected chi connectivity index (χ1v) is 6.86. The molecule has 0 bridgehead atoms. The third-order valence-electron chi connectivity index (χ3n) is 3.46. The summed E-state index contributed by atoms with van der Waals surface area (Å²) in [4.78, 5) is 23.0. The summed E-state index contributed by atoms with van der Waals surface area (Å²) in [7, 11) is 1.35. The van der Waals surface area contributed by atoms with Crippen LogP contribution in [0.3, 0.4) is 0 Å². The zero-order valence-electron chi connectivity index (χ0n) is 11.6. The van der Waals surface area contributed by atoms with E-state index in [0.717, 1.165) is 18.4 Å². The van der Waals surface area contributed by atoms with Crippen LogP contribution in [0.25, 0.3) is 6.08 Å². The Balaban J connectivity index is 1.90. The Morgan fingerprint density at radius 2 is 1.85 bits per heavy atom. The molecule has 0 aliphatic heterocycles. The summed E-state index contributed by atoms with van der Waals surface area (Å²) in [5.41, 5.74) is 1.37. The van der Waals surface area contributed by atoms with Gasteiger partial charge in [-0.15, -0.1) is 0 Å². The highest BCUT2D eigenvalue weighted by Gasteiger charge is 2.15. The molecule has 4 nitrogen and oxygen atoms in total. The van der Waals surface area contributed by atoms with Gasteiger partial charge in [-0.25, -0.2) is 4.79 Å². The summed E-state index contributed by atoms with van der Waals surface area (Å²) in [5, 5.41) is 2.99. The van der Waals surface area contributed by atoms with E-state index in [1.807, 2.05) is 0 Å². The maximum atomic E-state index is 11.7. The molecule has 1 aliphatic carbocycles. The van der Waals surface area contributed by atoms with Crippen molar-refractivity contribution in [2.24, 2.45) is 0 Å². The third kappa shape index (κ3) is 3.95. The van der Waals surface area contributed by atoms with Crippen molar-refractivity contribution in [1.82, 2.24) is 5.32 Å². The third-order valence-corrected chi connectivity index (χ3v) is 3.46. The fourth-order valence-corrected chi connectivity index (χ4v) is 2.34. The number of hydrogen-bond donors (Lipinski definition) is 1. The first-order valence-electron chi connectivity index (χ1n) is 6.86. The van der Waals surface area contributed by atoms with Crippen LogP contribution in [0.4, 0.5) is 0 Å². The van der Waals surface area contributed by atoms with E-state index in [4.69, 9.17) is 0 Å². The van der Waals surface area contributed by atoms with Gasteiger partial charge in [0.05, 0.1) is 12.7 Å².